The van der Waals surface area contributed by atoms with Crippen LogP contribution in [0.3, 0.4) is 0 Å². The van der Waals surface area contributed by atoms with Gasteiger partial charge in [-0.2, -0.15) is 9.97 Å². The molecular formula is C34H35F3N6O4. The Hall–Kier alpha value is -4.23. The number of ether oxygens (including phenoxy) is 3. The Balaban J connectivity index is 1.32. The van der Waals surface area contributed by atoms with Crippen molar-refractivity contribution in [2.45, 2.75) is 49.9 Å². The topological polar surface area (TPSA) is 102 Å². The van der Waals surface area contributed by atoms with Crippen LogP contribution in [0, 0.1) is 11.6 Å². The van der Waals surface area contributed by atoms with Crippen molar-refractivity contribution < 1.29 is 32.2 Å². The van der Waals surface area contributed by atoms with Gasteiger partial charge in [0.25, 0.3) is 0 Å². The fraction of sp³-hybridized carbons (Fsp3) is 0.471. The molecular weight excluding hydrogens is 613 g/mol. The molecule has 10 nitrogen and oxygen atoms in total. The van der Waals surface area contributed by atoms with Crippen LogP contribution >= 0.6 is 0 Å². The minimum absolute atomic E-state index is 0.00281. The molecule has 4 aromatic rings. The van der Waals surface area contributed by atoms with E-state index in [2.05, 4.69) is 20.2 Å². The maximum atomic E-state index is 16.9. The Morgan fingerprint density at radius 3 is 2.96 bits per heavy atom. The number of anilines is 1. The Kier molecular flexibility index (Phi) is 7.36. The highest BCUT2D eigenvalue weighted by atomic mass is 19.1. The summed E-state index contributed by atoms with van der Waals surface area (Å²) < 4.78 is 64.4. The summed E-state index contributed by atoms with van der Waals surface area (Å²) in [6, 6.07) is 8.18. The van der Waals surface area contributed by atoms with Gasteiger partial charge in [0.05, 0.1) is 24.1 Å². The number of nitrogens with zero attached hydrogens (tertiary/aromatic N) is 5. The van der Waals surface area contributed by atoms with Gasteiger partial charge in [-0.15, -0.1) is 0 Å². The Morgan fingerprint density at radius 1 is 1.17 bits per heavy atom. The van der Waals surface area contributed by atoms with Crippen LogP contribution in [0.25, 0.3) is 32.9 Å². The second-order valence-corrected chi connectivity index (χ2v) is 13.3. The van der Waals surface area contributed by atoms with Gasteiger partial charge in [0.15, 0.2) is 5.82 Å². The van der Waals surface area contributed by atoms with Gasteiger partial charge in [-0.3, -0.25) is 9.88 Å². The predicted octanol–water partition coefficient (Wildman–Crippen LogP) is 4.96. The summed E-state index contributed by atoms with van der Waals surface area (Å²) in [6.07, 6.45) is 1.85. The molecule has 2 aromatic carbocycles. The van der Waals surface area contributed by atoms with Gasteiger partial charge in [0.1, 0.15) is 41.2 Å². The number of benzene rings is 2. The van der Waals surface area contributed by atoms with E-state index >= 15 is 8.78 Å². The van der Waals surface area contributed by atoms with Crippen molar-refractivity contribution in [3.63, 3.8) is 0 Å². The predicted molar refractivity (Wildman–Crippen MR) is 168 cm³/mol. The third-order valence-corrected chi connectivity index (χ3v) is 10.0. The summed E-state index contributed by atoms with van der Waals surface area (Å²) >= 11 is 0. The van der Waals surface area contributed by atoms with Gasteiger partial charge in [-0.25, -0.2) is 18.0 Å². The van der Waals surface area contributed by atoms with Gasteiger partial charge in [-0.05, 0) is 48.7 Å². The van der Waals surface area contributed by atoms with E-state index in [-0.39, 0.29) is 49.0 Å². The lowest BCUT2D eigenvalue weighted by molar-refractivity contribution is -0.0185. The summed E-state index contributed by atoms with van der Waals surface area (Å²) in [5, 5.41) is 4.78. The normalized spacial score (nSPS) is 26.4. The van der Waals surface area contributed by atoms with Gasteiger partial charge in [-0.1, -0.05) is 24.3 Å². The molecule has 3 fully saturated rings. The van der Waals surface area contributed by atoms with E-state index in [0.29, 0.717) is 60.1 Å². The first-order chi connectivity index (χ1) is 22.7. The average Bonchev–Trinajstić information content (AvgIpc) is 3.50. The Bertz CT molecular complexity index is 1900. The fourth-order valence-corrected chi connectivity index (χ4v) is 7.85. The quantitative estimate of drug-likeness (QED) is 0.307. The van der Waals surface area contributed by atoms with Crippen LogP contribution in [-0.2, 0) is 15.9 Å². The average molecular weight is 649 g/mol. The van der Waals surface area contributed by atoms with E-state index in [0.717, 1.165) is 19.4 Å². The van der Waals surface area contributed by atoms with Crippen LogP contribution in [-0.4, -0.2) is 95.8 Å². The molecule has 6 bridgehead atoms. The molecule has 3 saturated heterocycles. The molecule has 246 valence electrons. The minimum Gasteiger partial charge on any atom is -0.461 e. The van der Waals surface area contributed by atoms with Crippen LogP contribution in [0.1, 0.15) is 31.7 Å². The molecule has 1 unspecified atom stereocenters. The molecule has 5 aliphatic rings. The lowest BCUT2D eigenvalue weighted by Crippen LogP contribution is -2.47. The number of hydrogen-bond acceptors (Lipinski definition) is 10. The number of aromatic nitrogens is 3. The second-order valence-electron chi connectivity index (χ2n) is 13.3. The zero-order valence-electron chi connectivity index (χ0n) is 26.0. The molecule has 0 spiro atoms. The summed E-state index contributed by atoms with van der Waals surface area (Å²) in [6.45, 7) is 4.46. The van der Waals surface area contributed by atoms with Crippen LogP contribution in [0.2, 0.25) is 0 Å². The maximum Gasteiger partial charge on any atom is 0.508 e. The van der Waals surface area contributed by atoms with Gasteiger partial charge in [0.2, 0.25) is 0 Å². The number of rotatable bonds is 3. The smallest absolute Gasteiger partial charge is 0.461 e. The minimum atomic E-state index is -1.06. The first kappa shape index (κ1) is 30.1. The van der Waals surface area contributed by atoms with E-state index in [1.165, 1.54) is 12.3 Å². The highest BCUT2D eigenvalue weighted by Gasteiger charge is 2.49. The van der Waals surface area contributed by atoms with E-state index in [9.17, 15) is 9.18 Å². The SMILES string of the molecule is C[C@@]12CNCCN(C1)c1nc(OC[C@@]34CCCN3CC(F)C4)nc3c(F)c(ncc13)-c1cccc3ccc(F)c(c13)CCOC(=O)O2. The third kappa shape index (κ3) is 5.29. The Labute approximate surface area is 269 Å². The summed E-state index contributed by atoms with van der Waals surface area (Å²) in [5.74, 6) is -0.848. The molecule has 47 heavy (non-hydrogen) atoms. The number of pyridine rings is 1. The van der Waals surface area contributed by atoms with E-state index in [1.54, 1.807) is 25.1 Å². The van der Waals surface area contributed by atoms with E-state index < -0.39 is 35.1 Å². The van der Waals surface area contributed by atoms with E-state index in [4.69, 9.17) is 19.2 Å². The molecule has 3 atom stereocenters. The maximum absolute atomic E-state index is 16.9. The molecule has 0 saturated carbocycles. The zero-order chi connectivity index (χ0) is 32.3. The fourth-order valence-electron chi connectivity index (χ4n) is 7.85. The summed E-state index contributed by atoms with van der Waals surface area (Å²) in [5.41, 5.74) is -0.889. The molecule has 1 N–H and O–H groups in total. The summed E-state index contributed by atoms with van der Waals surface area (Å²) in [7, 11) is 0. The zero-order valence-corrected chi connectivity index (χ0v) is 26.0. The van der Waals surface area contributed by atoms with Gasteiger partial charge in [0, 0.05) is 50.8 Å². The molecule has 9 rings (SSSR count). The van der Waals surface area contributed by atoms with Crippen LogP contribution in [0.15, 0.2) is 36.5 Å². The lowest BCUT2D eigenvalue weighted by Gasteiger charge is -2.33. The van der Waals surface area contributed by atoms with Gasteiger partial charge < -0.3 is 24.4 Å². The second kappa shape index (κ2) is 11.5. The van der Waals surface area contributed by atoms with Crippen molar-refractivity contribution in [1.82, 2.24) is 25.2 Å². The number of hydrogen-bond donors (Lipinski definition) is 1. The number of carbonyl (C=O) groups is 1. The molecule has 2 aromatic heterocycles. The molecule has 5 aliphatic heterocycles. The standard InChI is InChI=1S/C34H35F3N6O4/c1-33-17-38-10-12-42(18-33)30-24-15-39-28(23-5-2-4-20-6-7-25(36)22(26(20)23)8-13-45-32(44)47-33)27(37)29(24)40-31(41-30)46-19-34-9-3-11-43(34)16-21(35)14-34/h2,4-7,15,21,38H,3,8-14,16-19H2,1H3/t21?,33-,34+/m1/s1. The highest BCUT2D eigenvalue weighted by Crippen LogP contribution is 2.41. The molecule has 7 heterocycles. The third-order valence-electron chi connectivity index (χ3n) is 10.0. The largest absolute Gasteiger partial charge is 0.508 e. The summed E-state index contributed by atoms with van der Waals surface area (Å²) in [4.78, 5) is 30.9. The molecule has 0 amide bonds. The number of halogens is 3. The van der Waals surface area contributed by atoms with Crippen molar-refractivity contribution in [2.75, 3.05) is 57.4 Å². The molecule has 0 aliphatic carbocycles. The lowest BCUT2D eigenvalue weighted by atomic mass is 9.94. The van der Waals surface area contributed by atoms with Crippen molar-refractivity contribution in [3.05, 3.63) is 53.7 Å². The first-order valence-electron chi connectivity index (χ1n) is 16.1. The van der Waals surface area contributed by atoms with Gasteiger partial charge >= 0.3 is 12.2 Å². The number of alkyl halides is 1. The molecule has 13 heteroatoms. The van der Waals surface area contributed by atoms with Crippen molar-refractivity contribution in [3.8, 4) is 17.3 Å². The molecule has 0 radical (unpaired) electrons. The first-order valence-corrected chi connectivity index (χ1v) is 16.1. The number of nitrogens with one attached hydrogen (secondary N) is 1. The number of carbonyl (C=O) groups excluding carboxylic acids is 1. The van der Waals surface area contributed by atoms with Crippen LogP contribution in [0.5, 0.6) is 6.01 Å². The highest BCUT2D eigenvalue weighted by molar-refractivity contribution is 6.01. The Morgan fingerprint density at radius 2 is 2.06 bits per heavy atom. The van der Waals surface area contributed by atoms with E-state index in [1.807, 2.05) is 11.0 Å². The van der Waals surface area contributed by atoms with Crippen LogP contribution in [0.4, 0.5) is 23.8 Å². The van der Waals surface area contributed by atoms with Crippen molar-refractivity contribution in [2.24, 2.45) is 0 Å². The number of fused-ring (bicyclic) bond motifs is 6. The van der Waals surface area contributed by atoms with Crippen molar-refractivity contribution in [1.29, 1.82) is 0 Å². The van der Waals surface area contributed by atoms with Crippen molar-refractivity contribution >= 4 is 33.6 Å². The monoisotopic (exact) mass is 648 g/mol. The van der Waals surface area contributed by atoms with Crippen LogP contribution < -0.4 is 15.0 Å².